The van der Waals surface area contributed by atoms with Crippen molar-refractivity contribution >= 4 is 24.2 Å². The van der Waals surface area contributed by atoms with Gasteiger partial charge in [-0.1, -0.05) is 18.2 Å². The van der Waals surface area contributed by atoms with Gasteiger partial charge in [0.25, 0.3) is 5.91 Å². The molecular formula is C15H15NOS. The third kappa shape index (κ3) is 2.74. The first-order valence-electron chi connectivity index (χ1n) is 5.74. The van der Waals surface area contributed by atoms with E-state index in [4.69, 9.17) is 0 Å². The van der Waals surface area contributed by atoms with Crippen molar-refractivity contribution in [2.75, 3.05) is 5.32 Å². The predicted molar refractivity (Wildman–Crippen MR) is 77.6 cm³/mol. The Balaban J connectivity index is 2.24. The van der Waals surface area contributed by atoms with Gasteiger partial charge < -0.3 is 5.32 Å². The lowest BCUT2D eigenvalue weighted by molar-refractivity contribution is 0.102. The molecule has 0 unspecified atom stereocenters. The number of aryl methyl sites for hydroxylation is 1. The average Bonchev–Trinajstić information content (AvgIpc) is 2.35. The SMILES string of the molecule is Cc1cccc(NC(=O)c2cccc(S)c2)c1C. The summed E-state index contributed by atoms with van der Waals surface area (Å²) in [6.07, 6.45) is 0. The molecule has 2 aromatic rings. The molecule has 1 N–H and O–H groups in total. The smallest absolute Gasteiger partial charge is 0.255 e. The molecule has 2 nitrogen and oxygen atoms in total. The molecule has 2 rings (SSSR count). The van der Waals surface area contributed by atoms with Gasteiger partial charge in [0.15, 0.2) is 0 Å². The molecule has 0 spiro atoms. The standard InChI is InChI=1S/C15H15NOS/c1-10-5-3-8-14(11(10)2)16-15(17)12-6-4-7-13(18)9-12/h3-9,18H,1-2H3,(H,16,17). The maximum Gasteiger partial charge on any atom is 0.255 e. The van der Waals surface area contributed by atoms with Crippen LogP contribution in [0.1, 0.15) is 21.5 Å². The summed E-state index contributed by atoms with van der Waals surface area (Å²) in [7, 11) is 0. The van der Waals surface area contributed by atoms with Gasteiger partial charge in [0.05, 0.1) is 0 Å². The number of carbonyl (C=O) groups excluding carboxylic acids is 1. The molecule has 0 aliphatic carbocycles. The van der Waals surface area contributed by atoms with Crippen molar-refractivity contribution in [1.29, 1.82) is 0 Å². The Morgan fingerprint density at radius 3 is 2.56 bits per heavy atom. The van der Waals surface area contributed by atoms with E-state index >= 15 is 0 Å². The number of benzene rings is 2. The summed E-state index contributed by atoms with van der Waals surface area (Å²) in [6.45, 7) is 4.03. The quantitative estimate of drug-likeness (QED) is 0.786. The van der Waals surface area contributed by atoms with E-state index in [-0.39, 0.29) is 5.91 Å². The van der Waals surface area contributed by atoms with E-state index in [2.05, 4.69) is 17.9 Å². The van der Waals surface area contributed by atoms with Crippen molar-refractivity contribution in [3.05, 3.63) is 59.2 Å². The fourth-order valence-corrected chi connectivity index (χ4v) is 1.95. The zero-order chi connectivity index (χ0) is 13.1. The van der Waals surface area contributed by atoms with E-state index in [9.17, 15) is 4.79 Å². The Morgan fingerprint density at radius 1 is 1.11 bits per heavy atom. The highest BCUT2D eigenvalue weighted by molar-refractivity contribution is 7.80. The van der Waals surface area contributed by atoms with E-state index in [0.29, 0.717) is 5.56 Å². The Bertz CT molecular complexity index is 593. The molecule has 0 aromatic heterocycles. The summed E-state index contributed by atoms with van der Waals surface area (Å²) in [6, 6.07) is 13.1. The second kappa shape index (κ2) is 5.27. The molecule has 0 heterocycles. The summed E-state index contributed by atoms with van der Waals surface area (Å²) < 4.78 is 0. The van der Waals surface area contributed by atoms with Crippen LogP contribution < -0.4 is 5.32 Å². The van der Waals surface area contributed by atoms with Crippen molar-refractivity contribution < 1.29 is 4.79 Å². The number of anilines is 1. The molecule has 0 fully saturated rings. The predicted octanol–water partition coefficient (Wildman–Crippen LogP) is 3.84. The Kier molecular flexibility index (Phi) is 3.72. The first-order chi connectivity index (χ1) is 8.58. The lowest BCUT2D eigenvalue weighted by atomic mass is 10.1. The summed E-state index contributed by atoms with van der Waals surface area (Å²) in [5, 5.41) is 2.92. The van der Waals surface area contributed by atoms with E-state index in [1.165, 1.54) is 0 Å². The first kappa shape index (κ1) is 12.7. The summed E-state index contributed by atoms with van der Waals surface area (Å²) in [5.41, 5.74) is 3.72. The molecule has 1 amide bonds. The van der Waals surface area contributed by atoms with Gasteiger partial charge in [-0.05, 0) is 49.2 Å². The number of amides is 1. The Morgan fingerprint density at radius 2 is 1.83 bits per heavy atom. The molecule has 0 atom stereocenters. The number of hydrogen-bond acceptors (Lipinski definition) is 2. The molecule has 92 valence electrons. The Labute approximate surface area is 112 Å². The lowest BCUT2D eigenvalue weighted by Crippen LogP contribution is -2.13. The van der Waals surface area contributed by atoms with Gasteiger partial charge in [-0.2, -0.15) is 0 Å². The van der Waals surface area contributed by atoms with E-state index in [0.717, 1.165) is 21.7 Å². The minimum absolute atomic E-state index is 0.111. The van der Waals surface area contributed by atoms with Gasteiger partial charge in [0.1, 0.15) is 0 Å². The number of thiol groups is 1. The van der Waals surface area contributed by atoms with Crippen LogP contribution in [0.3, 0.4) is 0 Å². The second-order valence-corrected chi connectivity index (χ2v) is 4.77. The molecule has 0 aliphatic rings. The lowest BCUT2D eigenvalue weighted by Gasteiger charge is -2.10. The molecule has 0 saturated carbocycles. The van der Waals surface area contributed by atoms with Crippen molar-refractivity contribution in [2.24, 2.45) is 0 Å². The van der Waals surface area contributed by atoms with E-state index < -0.39 is 0 Å². The van der Waals surface area contributed by atoms with Crippen molar-refractivity contribution in [3.8, 4) is 0 Å². The minimum atomic E-state index is -0.111. The van der Waals surface area contributed by atoms with Crippen LogP contribution in [0.25, 0.3) is 0 Å². The molecule has 0 bridgehead atoms. The zero-order valence-corrected chi connectivity index (χ0v) is 11.3. The van der Waals surface area contributed by atoms with Crippen molar-refractivity contribution in [2.45, 2.75) is 18.7 Å². The highest BCUT2D eigenvalue weighted by Crippen LogP contribution is 2.19. The zero-order valence-electron chi connectivity index (χ0n) is 10.4. The molecule has 0 radical (unpaired) electrons. The Hall–Kier alpha value is -1.74. The third-order valence-electron chi connectivity index (χ3n) is 2.96. The van der Waals surface area contributed by atoms with Gasteiger partial charge in [-0.15, -0.1) is 12.6 Å². The highest BCUT2D eigenvalue weighted by Gasteiger charge is 2.08. The second-order valence-electron chi connectivity index (χ2n) is 4.25. The number of nitrogens with one attached hydrogen (secondary N) is 1. The van der Waals surface area contributed by atoms with Crippen LogP contribution >= 0.6 is 12.6 Å². The van der Waals surface area contributed by atoms with Crippen LogP contribution in [-0.4, -0.2) is 5.91 Å². The molecule has 18 heavy (non-hydrogen) atoms. The molecular weight excluding hydrogens is 242 g/mol. The number of hydrogen-bond donors (Lipinski definition) is 2. The van der Waals surface area contributed by atoms with Crippen LogP contribution in [0.15, 0.2) is 47.4 Å². The maximum atomic E-state index is 12.1. The van der Waals surface area contributed by atoms with Crippen LogP contribution in [0.2, 0.25) is 0 Å². The normalized spacial score (nSPS) is 10.2. The van der Waals surface area contributed by atoms with Crippen molar-refractivity contribution in [3.63, 3.8) is 0 Å². The largest absolute Gasteiger partial charge is 0.322 e. The average molecular weight is 257 g/mol. The minimum Gasteiger partial charge on any atom is -0.322 e. The summed E-state index contributed by atoms with van der Waals surface area (Å²) in [4.78, 5) is 12.9. The van der Waals surface area contributed by atoms with Crippen LogP contribution in [-0.2, 0) is 0 Å². The highest BCUT2D eigenvalue weighted by atomic mass is 32.1. The van der Waals surface area contributed by atoms with E-state index in [1.54, 1.807) is 12.1 Å². The van der Waals surface area contributed by atoms with Crippen LogP contribution in [0.4, 0.5) is 5.69 Å². The molecule has 0 aliphatic heterocycles. The van der Waals surface area contributed by atoms with Crippen molar-refractivity contribution in [1.82, 2.24) is 0 Å². The molecule has 2 aromatic carbocycles. The van der Waals surface area contributed by atoms with Gasteiger partial charge in [0.2, 0.25) is 0 Å². The van der Waals surface area contributed by atoms with Gasteiger partial charge in [-0.3, -0.25) is 4.79 Å². The first-order valence-corrected chi connectivity index (χ1v) is 6.19. The molecule has 3 heteroatoms. The number of rotatable bonds is 2. The number of carbonyl (C=O) groups is 1. The van der Waals surface area contributed by atoms with Gasteiger partial charge >= 0.3 is 0 Å². The summed E-state index contributed by atoms with van der Waals surface area (Å²) in [5.74, 6) is -0.111. The van der Waals surface area contributed by atoms with Gasteiger partial charge in [0, 0.05) is 16.1 Å². The van der Waals surface area contributed by atoms with Gasteiger partial charge in [-0.25, -0.2) is 0 Å². The molecule has 0 saturated heterocycles. The fourth-order valence-electron chi connectivity index (χ4n) is 1.73. The fraction of sp³-hybridized carbons (Fsp3) is 0.133. The van der Waals surface area contributed by atoms with E-state index in [1.807, 2.05) is 44.2 Å². The third-order valence-corrected chi connectivity index (χ3v) is 3.24. The van der Waals surface area contributed by atoms with Crippen LogP contribution in [0.5, 0.6) is 0 Å². The monoisotopic (exact) mass is 257 g/mol. The summed E-state index contributed by atoms with van der Waals surface area (Å²) >= 11 is 4.23. The topological polar surface area (TPSA) is 29.1 Å². The van der Waals surface area contributed by atoms with Crippen LogP contribution in [0, 0.1) is 13.8 Å². The maximum absolute atomic E-state index is 12.1.